The highest BCUT2D eigenvalue weighted by molar-refractivity contribution is 7.89. The Balaban J connectivity index is 2.13. The zero-order valence-corrected chi connectivity index (χ0v) is 13.1. The van der Waals surface area contributed by atoms with Gasteiger partial charge in [0.2, 0.25) is 10.0 Å². The van der Waals surface area contributed by atoms with Gasteiger partial charge < -0.3 is 0 Å². The summed E-state index contributed by atoms with van der Waals surface area (Å²) in [6.07, 6.45) is 5.38. The second-order valence-corrected chi connectivity index (χ2v) is 7.44. The van der Waals surface area contributed by atoms with Crippen molar-refractivity contribution in [2.45, 2.75) is 31.6 Å². The van der Waals surface area contributed by atoms with Crippen LogP contribution in [0.4, 0.5) is 0 Å². The summed E-state index contributed by atoms with van der Waals surface area (Å²) in [5.41, 5.74) is 3.67. The van der Waals surface area contributed by atoms with Crippen molar-refractivity contribution in [2.75, 3.05) is 13.1 Å². The number of hydrogen-bond donors (Lipinski definition) is 1. The number of H-pyrrole nitrogens is 1. The topological polar surface area (TPSA) is 66.1 Å². The Morgan fingerprint density at radius 1 is 1.14 bits per heavy atom. The van der Waals surface area contributed by atoms with Crippen molar-refractivity contribution in [2.24, 2.45) is 0 Å². The zero-order valence-electron chi connectivity index (χ0n) is 12.3. The first-order valence-corrected chi connectivity index (χ1v) is 8.55. The van der Waals surface area contributed by atoms with Crippen LogP contribution in [0.2, 0.25) is 0 Å². The molecule has 0 atom stereocenters. The van der Waals surface area contributed by atoms with E-state index in [0.29, 0.717) is 18.0 Å². The molecule has 0 radical (unpaired) electrons. The van der Waals surface area contributed by atoms with Crippen LogP contribution in [-0.4, -0.2) is 36.0 Å². The summed E-state index contributed by atoms with van der Waals surface area (Å²) in [6.45, 7) is 5.09. The number of rotatable bonds is 3. The number of benzene rings is 1. The Hall–Kier alpha value is -1.66. The van der Waals surface area contributed by atoms with Gasteiger partial charge in [0, 0.05) is 24.8 Å². The largest absolute Gasteiger partial charge is 0.285 e. The second kappa shape index (κ2) is 5.27. The SMILES string of the molecule is Cc1cc(C)c(S(=O)(=O)N2CCCC2)cc1-c1cn[nH]c1. The molecule has 1 fully saturated rings. The van der Waals surface area contributed by atoms with Crippen molar-refractivity contribution in [3.05, 3.63) is 35.7 Å². The van der Waals surface area contributed by atoms with Crippen LogP contribution in [0.25, 0.3) is 11.1 Å². The van der Waals surface area contributed by atoms with E-state index in [1.54, 1.807) is 22.8 Å². The van der Waals surface area contributed by atoms with Gasteiger partial charge in [-0.2, -0.15) is 9.40 Å². The molecule has 0 spiro atoms. The molecule has 1 aliphatic heterocycles. The summed E-state index contributed by atoms with van der Waals surface area (Å²) >= 11 is 0. The third-order valence-electron chi connectivity index (χ3n) is 4.01. The molecule has 21 heavy (non-hydrogen) atoms. The first-order chi connectivity index (χ1) is 10.00. The molecule has 0 unspecified atom stereocenters. The average molecular weight is 305 g/mol. The normalized spacial score (nSPS) is 16.5. The predicted molar refractivity (Wildman–Crippen MR) is 81.5 cm³/mol. The van der Waals surface area contributed by atoms with E-state index in [1.165, 1.54) is 0 Å². The predicted octanol–water partition coefficient (Wildman–Crippen LogP) is 2.48. The van der Waals surface area contributed by atoms with E-state index in [2.05, 4.69) is 10.2 Å². The van der Waals surface area contributed by atoms with Crippen molar-refractivity contribution >= 4 is 10.0 Å². The Labute approximate surface area is 125 Å². The highest BCUT2D eigenvalue weighted by Crippen LogP contribution is 2.30. The lowest BCUT2D eigenvalue weighted by Crippen LogP contribution is -2.28. The molecule has 6 heteroatoms. The Kier molecular flexibility index (Phi) is 3.59. The lowest BCUT2D eigenvalue weighted by atomic mass is 10.0. The van der Waals surface area contributed by atoms with Gasteiger partial charge in [-0.15, -0.1) is 0 Å². The van der Waals surface area contributed by atoms with E-state index >= 15 is 0 Å². The van der Waals surface area contributed by atoms with Crippen molar-refractivity contribution in [1.82, 2.24) is 14.5 Å². The van der Waals surface area contributed by atoms with Crippen LogP contribution in [0, 0.1) is 13.8 Å². The third-order valence-corrected chi connectivity index (χ3v) is 6.05. The molecule has 2 aromatic rings. The number of aryl methyl sites for hydroxylation is 2. The minimum atomic E-state index is -3.40. The number of nitrogens with zero attached hydrogens (tertiary/aromatic N) is 2. The van der Waals surface area contributed by atoms with E-state index in [1.807, 2.05) is 19.9 Å². The maximum atomic E-state index is 12.8. The van der Waals surface area contributed by atoms with Crippen LogP contribution < -0.4 is 0 Å². The highest BCUT2D eigenvalue weighted by Gasteiger charge is 2.29. The molecule has 0 bridgehead atoms. The molecule has 1 aliphatic rings. The van der Waals surface area contributed by atoms with E-state index in [9.17, 15) is 8.42 Å². The molecule has 5 nitrogen and oxygen atoms in total. The standard InChI is InChI=1S/C15H19N3O2S/c1-11-7-12(2)15(8-14(11)13-9-16-17-10-13)21(19,20)18-5-3-4-6-18/h7-10H,3-6H2,1-2H3,(H,16,17). The van der Waals surface area contributed by atoms with Crippen molar-refractivity contribution in [1.29, 1.82) is 0 Å². The first-order valence-electron chi connectivity index (χ1n) is 7.11. The van der Waals surface area contributed by atoms with E-state index in [0.717, 1.165) is 35.1 Å². The summed E-state index contributed by atoms with van der Waals surface area (Å²) < 4.78 is 27.2. The highest BCUT2D eigenvalue weighted by atomic mass is 32.2. The van der Waals surface area contributed by atoms with Gasteiger partial charge in [0.15, 0.2) is 0 Å². The van der Waals surface area contributed by atoms with Crippen LogP contribution in [0.1, 0.15) is 24.0 Å². The quantitative estimate of drug-likeness (QED) is 0.947. The number of nitrogens with one attached hydrogen (secondary N) is 1. The van der Waals surface area contributed by atoms with Crippen LogP contribution in [0.5, 0.6) is 0 Å². The molecule has 1 aromatic carbocycles. The van der Waals surface area contributed by atoms with Gasteiger partial charge in [-0.25, -0.2) is 8.42 Å². The molecule has 2 heterocycles. The first kappa shape index (κ1) is 14.3. The summed E-state index contributed by atoms with van der Waals surface area (Å²) in [7, 11) is -3.40. The van der Waals surface area contributed by atoms with Crippen LogP contribution in [0.3, 0.4) is 0 Å². The van der Waals surface area contributed by atoms with Crippen molar-refractivity contribution in [3.63, 3.8) is 0 Å². The van der Waals surface area contributed by atoms with Gasteiger partial charge in [-0.05, 0) is 49.4 Å². The molecular formula is C15H19N3O2S. The smallest absolute Gasteiger partial charge is 0.243 e. The van der Waals surface area contributed by atoms with Gasteiger partial charge in [0.1, 0.15) is 0 Å². The fraction of sp³-hybridized carbons (Fsp3) is 0.400. The van der Waals surface area contributed by atoms with Crippen LogP contribution in [-0.2, 0) is 10.0 Å². The molecule has 3 rings (SSSR count). The fourth-order valence-corrected chi connectivity index (χ4v) is 4.64. The summed E-state index contributed by atoms with van der Waals surface area (Å²) in [5.74, 6) is 0. The van der Waals surface area contributed by atoms with Crippen molar-refractivity contribution in [3.8, 4) is 11.1 Å². The van der Waals surface area contributed by atoms with E-state index in [4.69, 9.17) is 0 Å². The van der Waals surface area contributed by atoms with E-state index in [-0.39, 0.29) is 0 Å². The molecule has 1 saturated heterocycles. The molecule has 0 aliphatic carbocycles. The second-order valence-electron chi connectivity index (χ2n) is 5.53. The number of aromatic amines is 1. The monoisotopic (exact) mass is 305 g/mol. The van der Waals surface area contributed by atoms with E-state index < -0.39 is 10.0 Å². The van der Waals surface area contributed by atoms with Gasteiger partial charge in [-0.3, -0.25) is 5.10 Å². The molecule has 1 N–H and O–H groups in total. The fourth-order valence-electron chi connectivity index (χ4n) is 2.89. The Morgan fingerprint density at radius 3 is 2.48 bits per heavy atom. The third kappa shape index (κ3) is 2.49. The van der Waals surface area contributed by atoms with Crippen LogP contribution in [0.15, 0.2) is 29.4 Å². The van der Waals surface area contributed by atoms with Gasteiger partial charge >= 0.3 is 0 Å². The van der Waals surface area contributed by atoms with Gasteiger partial charge in [0.05, 0.1) is 11.1 Å². The molecule has 0 amide bonds. The van der Waals surface area contributed by atoms with Crippen LogP contribution >= 0.6 is 0 Å². The molecular weight excluding hydrogens is 286 g/mol. The number of hydrogen-bond acceptors (Lipinski definition) is 3. The number of sulfonamides is 1. The zero-order chi connectivity index (χ0) is 15.0. The minimum Gasteiger partial charge on any atom is -0.285 e. The Morgan fingerprint density at radius 2 is 1.86 bits per heavy atom. The van der Waals surface area contributed by atoms with Crippen molar-refractivity contribution < 1.29 is 8.42 Å². The lowest BCUT2D eigenvalue weighted by Gasteiger charge is -2.18. The average Bonchev–Trinajstić information content (AvgIpc) is 3.12. The van der Waals surface area contributed by atoms with Gasteiger partial charge in [0.25, 0.3) is 0 Å². The maximum absolute atomic E-state index is 12.8. The molecule has 1 aromatic heterocycles. The maximum Gasteiger partial charge on any atom is 0.243 e. The summed E-state index contributed by atoms with van der Waals surface area (Å²) in [4.78, 5) is 0.409. The summed E-state index contributed by atoms with van der Waals surface area (Å²) in [6, 6.07) is 3.72. The van der Waals surface area contributed by atoms with Gasteiger partial charge in [-0.1, -0.05) is 6.07 Å². The summed E-state index contributed by atoms with van der Waals surface area (Å²) in [5, 5.41) is 6.72. The minimum absolute atomic E-state index is 0.409. The molecule has 112 valence electrons. The molecule has 0 saturated carbocycles. The lowest BCUT2D eigenvalue weighted by molar-refractivity contribution is 0.477. The number of aromatic nitrogens is 2. The Bertz CT molecular complexity index is 745.